The standard InChI is InChI=1S/C25H32O9S/c1-4-35-25-23(33-20(29)13-11-16(3)27)22(32-19(28)12-10-15(2)26)21-18(31-25)14-30-24(34-21)17-8-6-5-7-9-17/h5-9,18,21-25H,4,10-14H2,1-3H3/t18-,21-,22+,23-,24-,25+/m1/s1. The highest BCUT2D eigenvalue weighted by Gasteiger charge is 2.53. The second kappa shape index (κ2) is 13.2. The van der Waals surface area contributed by atoms with Crippen LogP contribution in [-0.2, 0) is 42.9 Å². The van der Waals surface area contributed by atoms with E-state index in [1.54, 1.807) is 0 Å². The quantitative estimate of drug-likeness (QED) is 0.413. The highest BCUT2D eigenvalue weighted by atomic mass is 32.2. The molecule has 0 bridgehead atoms. The molecule has 35 heavy (non-hydrogen) atoms. The Hall–Kier alpha value is -2.27. The fraction of sp³-hybridized carbons (Fsp3) is 0.600. The third-order valence-electron chi connectivity index (χ3n) is 5.58. The molecule has 2 saturated heterocycles. The van der Waals surface area contributed by atoms with Crippen LogP contribution in [0.1, 0.15) is 58.3 Å². The SMILES string of the molecule is CCS[C@@H]1O[C@@H]2CO[C@@H](c3ccccc3)O[C@H]2[C@H](OC(=O)CCC(C)=O)[C@H]1OC(=O)CCC(C)=O. The molecule has 1 aromatic carbocycles. The average molecular weight is 509 g/mol. The van der Waals surface area contributed by atoms with E-state index in [1.165, 1.54) is 25.6 Å². The van der Waals surface area contributed by atoms with Crippen molar-refractivity contribution in [1.82, 2.24) is 0 Å². The lowest BCUT2D eigenvalue weighted by molar-refractivity contribution is -0.321. The zero-order valence-corrected chi connectivity index (χ0v) is 21.0. The van der Waals surface area contributed by atoms with E-state index >= 15 is 0 Å². The van der Waals surface area contributed by atoms with Gasteiger partial charge in [-0.2, -0.15) is 0 Å². The Labute approximate surface area is 209 Å². The molecule has 0 radical (unpaired) electrons. The van der Waals surface area contributed by atoms with Crippen LogP contribution in [0.25, 0.3) is 0 Å². The van der Waals surface area contributed by atoms with Crippen molar-refractivity contribution >= 4 is 35.3 Å². The van der Waals surface area contributed by atoms with Gasteiger partial charge in [-0.15, -0.1) is 11.8 Å². The van der Waals surface area contributed by atoms with Crippen LogP contribution in [0.5, 0.6) is 0 Å². The van der Waals surface area contributed by atoms with Crippen molar-refractivity contribution in [1.29, 1.82) is 0 Å². The van der Waals surface area contributed by atoms with E-state index in [4.69, 9.17) is 23.7 Å². The third-order valence-corrected chi connectivity index (χ3v) is 6.63. The Morgan fingerprint density at radius 1 is 0.886 bits per heavy atom. The van der Waals surface area contributed by atoms with Crippen molar-refractivity contribution in [2.45, 2.75) is 82.6 Å². The maximum Gasteiger partial charge on any atom is 0.306 e. The van der Waals surface area contributed by atoms with Gasteiger partial charge < -0.3 is 33.3 Å². The van der Waals surface area contributed by atoms with Gasteiger partial charge in [-0.1, -0.05) is 37.3 Å². The van der Waals surface area contributed by atoms with Crippen molar-refractivity contribution in [3.63, 3.8) is 0 Å². The monoisotopic (exact) mass is 508 g/mol. The Kier molecular flexibility index (Phi) is 10.3. The minimum atomic E-state index is -0.978. The number of ketones is 2. The molecule has 2 fully saturated rings. The molecule has 0 N–H and O–H groups in total. The van der Waals surface area contributed by atoms with E-state index < -0.39 is 48.1 Å². The fourth-order valence-corrected chi connectivity index (χ4v) is 4.81. The number of benzene rings is 1. The Morgan fingerprint density at radius 3 is 2.06 bits per heavy atom. The summed E-state index contributed by atoms with van der Waals surface area (Å²) in [6.07, 6.45) is -4.08. The summed E-state index contributed by atoms with van der Waals surface area (Å²) in [4.78, 5) is 47.9. The number of ether oxygens (including phenoxy) is 5. The predicted octanol–water partition coefficient (Wildman–Crippen LogP) is 3.14. The van der Waals surface area contributed by atoms with Gasteiger partial charge in [0.15, 0.2) is 18.5 Å². The number of fused-ring (bicyclic) bond motifs is 1. The maximum atomic E-state index is 12.7. The minimum Gasteiger partial charge on any atom is -0.455 e. The minimum absolute atomic E-state index is 0.0446. The molecule has 0 aliphatic carbocycles. The van der Waals surface area contributed by atoms with E-state index in [0.717, 1.165) is 5.56 Å². The van der Waals surface area contributed by atoms with Crippen LogP contribution in [-0.4, -0.2) is 65.7 Å². The molecule has 0 spiro atoms. The van der Waals surface area contributed by atoms with Crippen molar-refractivity contribution in [3.8, 4) is 0 Å². The molecule has 2 aliphatic rings. The largest absolute Gasteiger partial charge is 0.455 e. The Bertz CT molecular complexity index is 890. The topological polar surface area (TPSA) is 114 Å². The first-order valence-corrected chi connectivity index (χ1v) is 12.8. The van der Waals surface area contributed by atoms with Crippen molar-refractivity contribution < 1.29 is 42.9 Å². The first kappa shape index (κ1) is 27.3. The third kappa shape index (κ3) is 7.86. The summed E-state index contributed by atoms with van der Waals surface area (Å²) in [6, 6.07) is 9.31. The van der Waals surface area contributed by atoms with E-state index in [1.807, 2.05) is 37.3 Å². The lowest BCUT2D eigenvalue weighted by atomic mass is 9.98. The summed E-state index contributed by atoms with van der Waals surface area (Å²) in [6.45, 7) is 4.92. The number of carbonyl (C=O) groups is 4. The first-order chi connectivity index (χ1) is 16.8. The van der Waals surface area contributed by atoms with E-state index in [2.05, 4.69) is 0 Å². The van der Waals surface area contributed by atoms with Gasteiger partial charge >= 0.3 is 11.9 Å². The van der Waals surface area contributed by atoms with Crippen LogP contribution in [0.4, 0.5) is 0 Å². The van der Waals surface area contributed by atoms with Crippen LogP contribution in [0.3, 0.4) is 0 Å². The van der Waals surface area contributed by atoms with Crippen molar-refractivity contribution in [2.24, 2.45) is 0 Å². The number of Topliss-reactive ketones (excluding diaryl/α,β-unsaturated/α-hetero) is 2. The summed E-state index contributed by atoms with van der Waals surface area (Å²) in [7, 11) is 0. The highest BCUT2D eigenvalue weighted by molar-refractivity contribution is 7.99. The molecule has 2 heterocycles. The van der Waals surface area contributed by atoms with Crippen molar-refractivity contribution in [3.05, 3.63) is 35.9 Å². The molecule has 1 aromatic rings. The molecule has 192 valence electrons. The van der Waals surface area contributed by atoms with Gasteiger partial charge in [0.05, 0.1) is 19.4 Å². The normalized spacial score (nSPS) is 28.0. The highest BCUT2D eigenvalue weighted by Crippen LogP contribution is 2.39. The molecule has 0 saturated carbocycles. The lowest BCUT2D eigenvalue weighted by Gasteiger charge is -2.48. The summed E-state index contributed by atoms with van der Waals surface area (Å²) in [5, 5.41) is 0. The van der Waals surface area contributed by atoms with E-state index in [9.17, 15) is 19.2 Å². The van der Waals surface area contributed by atoms with Gasteiger partial charge in [0, 0.05) is 18.4 Å². The summed E-state index contributed by atoms with van der Waals surface area (Å²) in [5.41, 5.74) is 0.154. The van der Waals surface area contributed by atoms with Crippen LogP contribution < -0.4 is 0 Å². The maximum absolute atomic E-state index is 12.7. The Balaban J connectivity index is 1.85. The zero-order valence-electron chi connectivity index (χ0n) is 20.2. The number of carbonyl (C=O) groups excluding carboxylic acids is 4. The van der Waals surface area contributed by atoms with Crippen molar-refractivity contribution in [2.75, 3.05) is 12.4 Å². The zero-order chi connectivity index (χ0) is 25.4. The first-order valence-electron chi connectivity index (χ1n) is 11.7. The van der Waals surface area contributed by atoms with Gasteiger partial charge in [-0.25, -0.2) is 0 Å². The molecule has 0 amide bonds. The molecule has 0 aromatic heterocycles. The van der Waals surface area contributed by atoms with Crippen LogP contribution in [0.2, 0.25) is 0 Å². The Morgan fingerprint density at radius 2 is 1.49 bits per heavy atom. The summed E-state index contributed by atoms with van der Waals surface area (Å²) >= 11 is 1.41. The molecule has 9 nitrogen and oxygen atoms in total. The summed E-state index contributed by atoms with van der Waals surface area (Å²) in [5.74, 6) is -0.798. The van der Waals surface area contributed by atoms with Crippen LogP contribution >= 0.6 is 11.8 Å². The molecule has 0 unspecified atom stereocenters. The van der Waals surface area contributed by atoms with Gasteiger partial charge in [0.1, 0.15) is 29.2 Å². The molecule has 10 heteroatoms. The molecule has 2 aliphatic heterocycles. The number of esters is 2. The summed E-state index contributed by atoms with van der Waals surface area (Å²) < 4.78 is 29.8. The van der Waals surface area contributed by atoms with Crippen LogP contribution in [0.15, 0.2) is 30.3 Å². The predicted molar refractivity (Wildman–Crippen MR) is 126 cm³/mol. The average Bonchev–Trinajstić information content (AvgIpc) is 2.84. The number of rotatable bonds is 11. The molecule has 6 atom stereocenters. The van der Waals surface area contributed by atoms with Gasteiger partial charge in [-0.05, 0) is 19.6 Å². The molecule has 3 rings (SSSR count). The fourth-order valence-electron chi connectivity index (χ4n) is 3.86. The molecular weight excluding hydrogens is 476 g/mol. The number of hydrogen-bond donors (Lipinski definition) is 0. The smallest absolute Gasteiger partial charge is 0.306 e. The van der Waals surface area contributed by atoms with E-state index in [0.29, 0.717) is 5.75 Å². The second-order valence-electron chi connectivity index (χ2n) is 8.49. The van der Waals surface area contributed by atoms with Gasteiger partial charge in [0.2, 0.25) is 0 Å². The number of thioether (sulfide) groups is 1. The lowest BCUT2D eigenvalue weighted by Crippen LogP contribution is -2.63. The second-order valence-corrected chi connectivity index (χ2v) is 9.86. The van der Waals surface area contributed by atoms with Crippen LogP contribution in [0, 0.1) is 0 Å². The number of hydrogen-bond acceptors (Lipinski definition) is 10. The van der Waals surface area contributed by atoms with Gasteiger partial charge in [0.25, 0.3) is 0 Å². The van der Waals surface area contributed by atoms with E-state index in [-0.39, 0.29) is 43.9 Å². The van der Waals surface area contributed by atoms with Gasteiger partial charge in [-0.3, -0.25) is 9.59 Å². The molecular formula is C25H32O9S.